The third-order valence-electron chi connectivity index (χ3n) is 1.02. The molecule has 0 atom stereocenters. The molecule has 0 amide bonds. The predicted octanol–water partition coefficient (Wildman–Crippen LogP) is -0.0306. The first kappa shape index (κ1) is 7.33. The summed E-state index contributed by atoms with van der Waals surface area (Å²) in [6, 6.07) is 0. The van der Waals surface area contributed by atoms with Gasteiger partial charge in [0.25, 0.3) is 0 Å². The number of nitrogens with zero attached hydrogens (tertiary/aromatic N) is 3. The lowest BCUT2D eigenvalue weighted by Crippen LogP contribution is -2.02. The van der Waals surface area contributed by atoms with Crippen LogP contribution < -0.4 is 0 Å². The average Bonchev–Trinajstić information content (AvgIpc) is 2.05. The highest BCUT2D eigenvalue weighted by Crippen LogP contribution is 2.02. The van der Waals surface area contributed by atoms with Gasteiger partial charge >= 0.3 is 5.97 Å². The molecular weight excluding hydrogens is 146 g/mol. The fourth-order valence-corrected chi connectivity index (χ4v) is 0.491. The van der Waals surface area contributed by atoms with E-state index in [2.05, 4.69) is 21.5 Å². The number of carbonyl (C=O) groups is 1. The first-order valence-corrected chi connectivity index (χ1v) is 2.76. The summed E-state index contributed by atoms with van der Waals surface area (Å²) in [6.07, 6.45) is 2.44. The summed E-state index contributed by atoms with van der Waals surface area (Å²) < 4.78 is 0. The van der Waals surface area contributed by atoms with Gasteiger partial charge in [-0.3, -0.25) is 0 Å². The van der Waals surface area contributed by atoms with E-state index in [0.29, 0.717) is 0 Å². The molecule has 0 spiro atoms. The molecule has 0 fully saturated rings. The van der Waals surface area contributed by atoms with Gasteiger partial charge in [0.2, 0.25) is 0 Å². The SMILES string of the molecule is C=C(C(=O)O)c1ncncn1. The van der Waals surface area contributed by atoms with Crippen LogP contribution in [0.3, 0.4) is 0 Å². The third-order valence-corrected chi connectivity index (χ3v) is 1.02. The summed E-state index contributed by atoms with van der Waals surface area (Å²) in [5.41, 5.74) is -0.132. The fourth-order valence-electron chi connectivity index (χ4n) is 0.491. The standard InChI is InChI=1S/C6H5N3O2/c1-4(6(10)11)5-8-2-7-3-9-5/h2-3H,1H2,(H,10,11). The summed E-state index contributed by atoms with van der Waals surface area (Å²) in [5, 5.41) is 8.44. The molecule has 0 saturated heterocycles. The molecule has 0 unspecified atom stereocenters. The van der Waals surface area contributed by atoms with Crippen molar-refractivity contribution in [3.63, 3.8) is 0 Å². The molecule has 1 heterocycles. The molecule has 5 heteroatoms. The zero-order valence-electron chi connectivity index (χ0n) is 5.56. The lowest BCUT2D eigenvalue weighted by atomic mass is 10.3. The summed E-state index contributed by atoms with van der Waals surface area (Å²) in [6.45, 7) is 3.27. The molecule has 0 radical (unpaired) electrons. The lowest BCUT2D eigenvalue weighted by molar-refractivity contribution is -0.130. The highest BCUT2D eigenvalue weighted by Gasteiger charge is 2.08. The van der Waals surface area contributed by atoms with Crippen LogP contribution in [0.5, 0.6) is 0 Å². The van der Waals surface area contributed by atoms with Crippen LogP contribution in [0.15, 0.2) is 19.2 Å². The van der Waals surface area contributed by atoms with E-state index >= 15 is 0 Å². The fraction of sp³-hybridized carbons (Fsp3) is 0. The molecule has 5 nitrogen and oxygen atoms in total. The first-order valence-electron chi connectivity index (χ1n) is 2.76. The Balaban J connectivity index is 2.95. The molecule has 0 aliphatic heterocycles. The van der Waals surface area contributed by atoms with Gasteiger partial charge < -0.3 is 5.11 Å². The van der Waals surface area contributed by atoms with Crippen molar-refractivity contribution in [1.29, 1.82) is 0 Å². The van der Waals surface area contributed by atoms with Crippen molar-refractivity contribution in [2.24, 2.45) is 0 Å². The molecule has 1 rings (SSSR count). The number of carboxylic acids is 1. The van der Waals surface area contributed by atoms with E-state index in [1.807, 2.05) is 0 Å². The normalized spacial score (nSPS) is 9.09. The molecule has 0 aliphatic carbocycles. The van der Waals surface area contributed by atoms with Crippen molar-refractivity contribution in [2.75, 3.05) is 0 Å². The van der Waals surface area contributed by atoms with E-state index in [1.54, 1.807) is 0 Å². The van der Waals surface area contributed by atoms with Crippen LogP contribution >= 0.6 is 0 Å². The second-order valence-corrected chi connectivity index (χ2v) is 1.75. The number of aliphatic carboxylic acids is 1. The van der Waals surface area contributed by atoms with E-state index in [4.69, 9.17) is 5.11 Å². The van der Waals surface area contributed by atoms with E-state index < -0.39 is 5.97 Å². The number of rotatable bonds is 2. The van der Waals surface area contributed by atoms with Crippen LogP contribution in [0.25, 0.3) is 5.57 Å². The minimum absolute atomic E-state index is 0.0903. The molecule has 56 valence electrons. The minimum Gasteiger partial charge on any atom is -0.478 e. The molecular formula is C6H5N3O2. The topological polar surface area (TPSA) is 76.0 Å². The van der Waals surface area contributed by atoms with E-state index in [9.17, 15) is 4.79 Å². The Kier molecular flexibility index (Phi) is 1.91. The van der Waals surface area contributed by atoms with Crippen molar-refractivity contribution < 1.29 is 9.90 Å². The molecule has 11 heavy (non-hydrogen) atoms. The summed E-state index contributed by atoms with van der Waals surface area (Å²) in [4.78, 5) is 21.0. The Morgan fingerprint density at radius 1 is 1.45 bits per heavy atom. The summed E-state index contributed by atoms with van der Waals surface area (Å²) in [7, 11) is 0. The highest BCUT2D eigenvalue weighted by atomic mass is 16.4. The second-order valence-electron chi connectivity index (χ2n) is 1.75. The van der Waals surface area contributed by atoms with Gasteiger partial charge in [-0.05, 0) is 0 Å². The van der Waals surface area contributed by atoms with Crippen molar-refractivity contribution >= 4 is 11.5 Å². The van der Waals surface area contributed by atoms with E-state index in [1.165, 1.54) is 12.7 Å². The predicted molar refractivity (Wildman–Crippen MR) is 36.5 cm³/mol. The monoisotopic (exact) mass is 151 g/mol. The Morgan fingerprint density at radius 3 is 2.45 bits per heavy atom. The van der Waals surface area contributed by atoms with Gasteiger partial charge in [0.15, 0.2) is 5.82 Å². The lowest BCUT2D eigenvalue weighted by Gasteiger charge is -1.94. The molecule has 1 aromatic heterocycles. The van der Waals surface area contributed by atoms with Crippen LogP contribution in [0.1, 0.15) is 5.82 Å². The zero-order chi connectivity index (χ0) is 8.27. The van der Waals surface area contributed by atoms with Crippen LogP contribution in [0.4, 0.5) is 0 Å². The highest BCUT2D eigenvalue weighted by molar-refractivity contribution is 6.13. The van der Waals surface area contributed by atoms with Crippen molar-refractivity contribution in [3.05, 3.63) is 25.1 Å². The Morgan fingerprint density at radius 2 is 2.00 bits per heavy atom. The van der Waals surface area contributed by atoms with E-state index in [0.717, 1.165) is 0 Å². The van der Waals surface area contributed by atoms with Gasteiger partial charge in [-0.1, -0.05) is 6.58 Å². The Labute approximate surface area is 62.5 Å². The largest absolute Gasteiger partial charge is 0.478 e. The van der Waals surface area contributed by atoms with Crippen LogP contribution in [-0.4, -0.2) is 26.0 Å². The quantitative estimate of drug-likeness (QED) is 0.600. The number of hydrogen-bond acceptors (Lipinski definition) is 4. The van der Waals surface area contributed by atoms with Crippen LogP contribution in [0.2, 0.25) is 0 Å². The molecule has 1 N–H and O–H groups in total. The molecule has 0 bridgehead atoms. The van der Waals surface area contributed by atoms with Crippen molar-refractivity contribution in [3.8, 4) is 0 Å². The maximum Gasteiger partial charge on any atom is 0.338 e. The van der Waals surface area contributed by atoms with Gasteiger partial charge in [0.05, 0.1) is 5.57 Å². The van der Waals surface area contributed by atoms with Crippen LogP contribution in [-0.2, 0) is 4.79 Å². The molecule has 0 aliphatic rings. The Hall–Kier alpha value is -1.78. The van der Waals surface area contributed by atoms with Crippen molar-refractivity contribution in [2.45, 2.75) is 0 Å². The molecule has 1 aromatic rings. The second kappa shape index (κ2) is 2.87. The van der Waals surface area contributed by atoms with Gasteiger partial charge in [0.1, 0.15) is 12.7 Å². The number of carboxylic acid groups (broad SMARTS) is 1. The zero-order valence-corrected chi connectivity index (χ0v) is 5.56. The number of hydrogen-bond donors (Lipinski definition) is 1. The van der Waals surface area contributed by atoms with Gasteiger partial charge in [0, 0.05) is 0 Å². The van der Waals surface area contributed by atoms with Gasteiger partial charge in [-0.25, -0.2) is 19.7 Å². The number of aromatic nitrogens is 3. The maximum atomic E-state index is 10.3. The average molecular weight is 151 g/mol. The van der Waals surface area contributed by atoms with Gasteiger partial charge in [-0.15, -0.1) is 0 Å². The maximum absolute atomic E-state index is 10.3. The van der Waals surface area contributed by atoms with Gasteiger partial charge in [-0.2, -0.15) is 0 Å². The summed E-state index contributed by atoms with van der Waals surface area (Å²) in [5.74, 6) is -1.04. The van der Waals surface area contributed by atoms with E-state index in [-0.39, 0.29) is 11.4 Å². The first-order chi connectivity index (χ1) is 5.22. The third kappa shape index (κ3) is 1.57. The van der Waals surface area contributed by atoms with Crippen molar-refractivity contribution in [1.82, 2.24) is 15.0 Å². The minimum atomic E-state index is -1.13. The smallest absolute Gasteiger partial charge is 0.338 e. The Bertz CT molecular complexity index is 283. The molecule has 0 aromatic carbocycles. The summed E-state index contributed by atoms with van der Waals surface area (Å²) >= 11 is 0. The molecule has 0 saturated carbocycles. The van der Waals surface area contributed by atoms with Crippen LogP contribution in [0, 0.1) is 0 Å².